The molecule has 0 amide bonds. The summed E-state index contributed by atoms with van der Waals surface area (Å²) in [6.07, 6.45) is 2.77. The Hall–Kier alpha value is -2.28. The Morgan fingerprint density at radius 2 is 2.00 bits per heavy atom. The molecule has 0 saturated heterocycles. The van der Waals surface area contributed by atoms with Crippen LogP contribution in [0.15, 0.2) is 42.3 Å². The van der Waals surface area contributed by atoms with Gasteiger partial charge in [-0.05, 0) is 31.2 Å². The minimum absolute atomic E-state index is 0.0226. The fourth-order valence-electron chi connectivity index (χ4n) is 3.17. The van der Waals surface area contributed by atoms with Crippen LogP contribution in [0.2, 0.25) is 10.0 Å². The van der Waals surface area contributed by atoms with Crippen LogP contribution in [-0.4, -0.2) is 17.9 Å². The highest BCUT2D eigenvalue weighted by Crippen LogP contribution is 2.42. The van der Waals surface area contributed by atoms with Crippen LogP contribution in [0.1, 0.15) is 30.2 Å². The van der Waals surface area contributed by atoms with Gasteiger partial charge in [-0.15, -0.1) is 5.92 Å². The number of hydrogen-bond donors (Lipinski definition) is 0. The van der Waals surface area contributed by atoms with E-state index in [1.54, 1.807) is 32.4 Å². The van der Waals surface area contributed by atoms with Crippen LogP contribution in [0.3, 0.4) is 0 Å². The Kier molecular flexibility index (Phi) is 5.66. The van der Waals surface area contributed by atoms with E-state index in [4.69, 9.17) is 27.9 Å². The molecular weight excluding hydrogens is 369 g/mol. The Morgan fingerprint density at radius 1 is 1.27 bits per heavy atom. The quantitative estimate of drug-likeness (QED) is 0.698. The highest BCUT2D eigenvalue weighted by atomic mass is 35.5. The summed E-state index contributed by atoms with van der Waals surface area (Å²) in [5, 5.41) is 0.790. The number of halogens is 2. The molecule has 0 N–H and O–H groups in total. The van der Waals surface area contributed by atoms with Crippen LogP contribution in [-0.2, 0) is 16.0 Å². The first-order chi connectivity index (χ1) is 12.5. The third-order valence-corrected chi connectivity index (χ3v) is 4.91. The van der Waals surface area contributed by atoms with Crippen molar-refractivity contribution in [2.24, 2.45) is 5.92 Å². The van der Waals surface area contributed by atoms with Crippen molar-refractivity contribution in [1.29, 1.82) is 0 Å². The lowest BCUT2D eigenvalue weighted by Crippen LogP contribution is -2.14. The maximum Gasteiger partial charge on any atom is 0.170 e. The molecule has 0 bridgehead atoms. The van der Waals surface area contributed by atoms with E-state index in [-0.39, 0.29) is 11.7 Å². The molecule has 3 nitrogen and oxygen atoms in total. The van der Waals surface area contributed by atoms with Crippen LogP contribution >= 0.6 is 23.2 Å². The van der Waals surface area contributed by atoms with E-state index in [2.05, 4.69) is 16.8 Å². The first-order valence-electron chi connectivity index (χ1n) is 8.18. The van der Waals surface area contributed by atoms with Crippen molar-refractivity contribution in [3.05, 3.63) is 69.2 Å². The summed E-state index contributed by atoms with van der Waals surface area (Å²) in [7, 11) is 1.56. The molecule has 3 rings (SSSR count). The maximum atomic E-state index is 13.1. The second-order valence-electron chi connectivity index (χ2n) is 5.98. The number of aromatic nitrogens is 1. The predicted octanol–water partition coefficient (Wildman–Crippen LogP) is 4.95. The van der Waals surface area contributed by atoms with Gasteiger partial charge in [0.05, 0.1) is 22.7 Å². The van der Waals surface area contributed by atoms with Crippen molar-refractivity contribution >= 4 is 34.6 Å². The van der Waals surface area contributed by atoms with Gasteiger partial charge in [-0.3, -0.25) is 9.78 Å². The van der Waals surface area contributed by atoms with Crippen LogP contribution in [0, 0.1) is 17.8 Å². The van der Waals surface area contributed by atoms with Gasteiger partial charge in [0.25, 0.3) is 0 Å². The number of pyridine rings is 1. The predicted molar refractivity (Wildman–Crippen MR) is 104 cm³/mol. The number of methoxy groups -OCH3 is 1. The SMILES string of the molecule is CC#Cc1cc(Cl)c(C2=C(OC)CC(Cc3ccccn3)C2=O)c(Cl)c1. The molecule has 0 aliphatic heterocycles. The molecule has 1 aromatic heterocycles. The summed E-state index contributed by atoms with van der Waals surface area (Å²) in [4.78, 5) is 17.4. The average molecular weight is 386 g/mol. The summed E-state index contributed by atoms with van der Waals surface area (Å²) in [6.45, 7) is 1.74. The van der Waals surface area contributed by atoms with E-state index in [1.165, 1.54) is 0 Å². The average Bonchev–Trinajstić information content (AvgIpc) is 2.92. The van der Waals surface area contributed by atoms with E-state index < -0.39 is 0 Å². The van der Waals surface area contributed by atoms with Crippen LogP contribution < -0.4 is 0 Å². The van der Waals surface area contributed by atoms with Crippen molar-refractivity contribution in [3.63, 3.8) is 0 Å². The number of carbonyl (C=O) groups excluding carboxylic acids is 1. The van der Waals surface area contributed by atoms with Crippen molar-refractivity contribution in [1.82, 2.24) is 4.98 Å². The Balaban J connectivity index is 1.98. The number of rotatable bonds is 4. The van der Waals surface area contributed by atoms with Crippen LogP contribution in [0.25, 0.3) is 5.57 Å². The van der Waals surface area contributed by atoms with Gasteiger partial charge in [0, 0.05) is 41.8 Å². The number of ketones is 1. The van der Waals surface area contributed by atoms with Gasteiger partial charge in [-0.25, -0.2) is 0 Å². The molecule has 132 valence electrons. The van der Waals surface area contributed by atoms with Gasteiger partial charge in [-0.2, -0.15) is 0 Å². The van der Waals surface area contributed by atoms with Crippen LogP contribution in [0.4, 0.5) is 0 Å². The summed E-state index contributed by atoms with van der Waals surface area (Å²) >= 11 is 12.9. The van der Waals surface area contributed by atoms with Crippen LogP contribution in [0.5, 0.6) is 0 Å². The lowest BCUT2D eigenvalue weighted by atomic mass is 9.94. The number of allylic oxidation sites excluding steroid dienone is 2. The zero-order chi connectivity index (χ0) is 18.7. The number of carbonyl (C=O) groups is 1. The fourth-order valence-corrected chi connectivity index (χ4v) is 3.85. The number of hydrogen-bond acceptors (Lipinski definition) is 3. The minimum Gasteiger partial charge on any atom is -0.500 e. The van der Waals surface area contributed by atoms with Gasteiger partial charge >= 0.3 is 0 Å². The highest BCUT2D eigenvalue weighted by Gasteiger charge is 2.37. The number of benzene rings is 1. The Morgan fingerprint density at radius 3 is 2.58 bits per heavy atom. The smallest absolute Gasteiger partial charge is 0.170 e. The van der Waals surface area contributed by atoms with Gasteiger partial charge < -0.3 is 4.74 Å². The minimum atomic E-state index is -0.239. The molecule has 2 aromatic rings. The van der Waals surface area contributed by atoms with Gasteiger partial charge in [-0.1, -0.05) is 35.2 Å². The molecule has 5 heteroatoms. The maximum absolute atomic E-state index is 13.1. The first-order valence-corrected chi connectivity index (χ1v) is 8.94. The molecule has 1 unspecified atom stereocenters. The van der Waals surface area contributed by atoms with E-state index in [9.17, 15) is 4.79 Å². The van der Waals surface area contributed by atoms with E-state index >= 15 is 0 Å². The Bertz CT molecular complexity index is 916. The molecule has 0 saturated carbocycles. The number of ether oxygens (including phenoxy) is 1. The molecule has 1 aliphatic carbocycles. The summed E-state index contributed by atoms with van der Waals surface area (Å²) in [5.41, 5.74) is 2.55. The van der Waals surface area contributed by atoms with Crippen molar-refractivity contribution in [3.8, 4) is 11.8 Å². The largest absolute Gasteiger partial charge is 0.500 e. The normalized spacial score (nSPS) is 16.5. The second-order valence-corrected chi connectivity index (χ2v) is 6.80. The summed E-state index contributed by atoms with van der Waals surface area (Å²) in [6, 6.07) is 9.12. The third-order valence-electron chi connectivity index (χ3n) is 4.32. The molecule has 0 radical (unpaired) electrons. The van der Waals surface area contributed by atoms with Crippen molar-refractivity contribution in [2.45, 2.75) is 19.8 Å². The molecule has 0 fully saturated rings. The standard InChI is InChI=1S/C21H17Cl2NO2/c1-3-6-13-9-16(22)19(17(23)10-13)20-18(26-2)12-14(21(20)25)11-15-7-4-5-8-24-15/h4-5,7-10,14H,11-12H2,1-2H3. The third kappa shape index (κ3) is 3.62. The van der Waals surface area contributed by atoms with Crippen molar-refractivity contribution < 1.29 is 9.53 Å². The fraction of sp³-hybridized carbons (Fsp3) is 0.238. The summed E-state index contributed by atoms with van der Waals surface area (Å²) in [5.74, 6) is 6.08. The number of nitrogens with zero attached hydrogens (tertiary/aromatic N) is 1. The molecule has 1 aliphatic rings. The number of Topliss-reactive ketones (excluding diaryl/α,β-unsaturated/α-hetero) is 1. The highest BCUT2D eigenvalue weighted by molar-refractivity contribution is 6.41. The van der Waals surface area contributed by atoms with E-state index in [0.29, 0.717) is 45.3 Å². The van der Waals surface area contributed by atoms with Gasteiger partial charge in [0.2, 0.25) is 0 Å². The molecular formula is C21H17Cl2NO2. The van der Waals surface area contributed by atoms with Gasteiger partial charge in [0.15, 0.2) is 5.78 Å². The Labute approximate surface area is 163 Å². The van der Waals surface area contributed by atoms with Crippen molar-refractivity contribution in [2.75, 3.05) is 7.11 Å². The molecule has 1 heterocycles. The summed E-state index contributed by atoms with van der Waals surface area (Å²) < 4.78 is 5.50. The molecule has 26 heavy (non-hydrogen) atoms. The monoisotopic (exact) mass is 385 g/mol. The van der Waals surface area contributed by atoms with E-state index in [1.807, 2.05) is 18.2 Å². The zero-order valence-electron chi connectivity index (χ0n) is 14.5. The molecule has 0 spiro atoms. The topological polar surface area (TPSA) is 39.2 Å². The first kappa shape index (κ1) is 18.5. The molecule has 1 aromatic carbocycles. The lowest BCUT2D eigenvalue weighted by Gasteiger charge is -2.11. The van der Waals surface area contributed by atoms with Gasteiger partial charge in [0.1, 0.15) is 5.76 Å². The van der Waals surface area contributed by atoms with E-state index in [0.717, 1.165) is 5.69 Å². The zero-order valence-corrected chi connectivity index (χ0v) is 16.0. The second kappa shape index (κ2) is 7.95. The molecule has 1 atom stereocenters. The lowest BCUT2D eigenvalue weighted by molar-refractivity contribution is -0.116.